The Bertz CT molecular complexity index is 1120. The molecule has 1 unspecified atom stereocenters. The van der Waals surface area contributed by atoms with E-state index in [1.165, 1.54) is 0 Å². The van der Waals surface area contributed by atoms with Gasteiger partial charge in [-0.3, -0.25) is 9.59 Å². The van der Waals surface area contributed by atoms with Gasteiger partial charge in [-0.1, -0.05) is 13.8 Å². The number of nitrogen functional groups attached to an aromatic ring is 2. The predicted octanol–water partition coefficient (Wildman–Crippen LogP) is 3.00. The van der Waals surface area contributed by atoms with Gasteiger partial charge in [-0.05, 0) is 38.1 Å². The minimum atomic E-state index is -0.637. The van der Waals surface area contributed by atoms with Crippen molar-refractivity contribution in [1.82, 2.24) is 0 Å². The molecule has 1 saturated heterocycles. The number of ether oxygens (including phenoxy) is 1. The summed E-state index contributed by atoms with van der Waals surface area (Å²) >= 11 is 0. The molecule has 1 fully saturated rings. The summed E-state index contributed by atoms with van der Waals surface area (Å²) in [4.78, 5) is 26.8. The number of rotatable bonds is 0. The normalized spacial score (nSPS) is 25.2. The van der Waals surface area contributed by atoms with Crippen LogP contribution in [0.2, 0.25) is 0 Å². The van der Waals surface area contributed by atoms with Crippen molar-refractivity contribution in [2.75, 3.05) is 28.7 Å². The van der Waals surface area contributed by atoms with Gasteiger partial charge in [-0.2, -0.15) is 0 Å². The second-order valence-electron chi connectivity index (χ2n) is 9.25. The van der Waals surface area contributed by atoms with Crippen molar-refractivity contribution >= 4 is 34.3 Å². The molecule has 29 heavy (non-hydrogen) atoms. The van der Waals surface area contributed by atoms with Gasteiger partial charge in [-0.15, -0.1) is 0 Å². The van der Waals surface area contributed by atoms with Gasteiger partial charge in [0.2, 0.25) is 0 Å². The minimum Gasteiger partial charge on any atom is -0.398 e. The lowest BCUT2D eigenvalue weighted by atomic mass is 9.73. The van der Waals surface area contributed by atoms with Gasteiger partial charge in [0.25, 0.3) is 0 Å². The summed E-state index contributed by atoms with van der Waals surface area (Å²) in [6.07, 6.45) is 0. The van der Waals surface area contributed by atoms with Gasteiger partial charge in [0.15, 0.2) is 11.6 Å². The number of anilines is 4. The number of fused-ring (bicyclic) bond motifs is 4. The molecule has 6 N–H and O–H groups in total. The zero-order valence-electron chi connectivity index (χ0n) is 16.9. The number of hydrogen-bond acceptors (Lipinski definition) is 7. The highest BCUT2D eigenvalue weighted by atomic mass is 16.5. The Balaban J connectivity index is 1.74. The molecule has 2 aliphatic heterocycles. The van der Waals surface area contributed by atoms with Gasteiger partial charge in [0.05, 0.1) is 34.7 Å². The highest BCUT2D eigenvalue weighted by Gasteiger charge is 2.64. The molecule has 1 spiro atoms. The van der Waals surface area contributed by atoms with Gasteiger partial charge < -0.3 is 26.8 Å². The summed E-state index contributed by atoms with van der Waals surface area (Å²) in [6, 6.07) is 6.65. The van der Waals surface area contributed by atoms with Crippen molar-refractivity contribution in [2.24, 2.45) is 5.41 Å². The van der Waals surface area contributed by atoms with Crippen LogP contribution in [0, 0.1) is 5.41 Å². The molecule has 2 aromatic carbocycles. The van der Waals surface area contributed by atoms with Gasteiger partial charge in [-0.25, -0.2) is 0 Å². The smallest absolute Gasteiger partial charge is 0.198 e. The maximum absolute atomic E-state index is 13.5. The van der Waals surface area contributed by atoms with Crippen LogP contribution in [0.15, 0.2) is 24.3 Å². The molecule has 0 radical (unpaired) electrons. The van der Waals surface area contributed by atoms with Crippen molar-refractivity contribution in [3.05, 3.63) is 46.5 Å². The monoisotopic (exact) mass is 392 g/mol. The highest BCUT2D eigenvalue weighted by molar-refractivity contribution is 6.34. The third kappa shape index (κ3) is 1.95. The van der Waals surface area contributed by atoms with Gasteiger partial charge in [0.1, 0.15) is 11.3 Å². The zero-order chi connectivity index (χ0) is 20.9. The maximum atomic E-state index is 13.5. The lowest BCUT2D eigenvalue weighted by molar-refractivity contribution is 0.0138. The van der Waals surface area contributed by atoms with Crippen molar-refractivity contribution in [3.63, 3.8) is 0 Å². The van der Waals surface area contributed by atoms with E-state index >= 15 is 0 Å². The van der Waals surface area contributed by atoms with Crippen molar-refractivity contribution in [1.29, 1.82) is 0 Å². The lowest BCUT2D eigenvalue weighted by Gasteiger charge is -2.45. The first-order valence-corrected chi connectivity index (χ1v) is 9.65. The summed E-state index contributed by atoms with van der Waals surface area (Å²) in [6.45, 7) is 8.81. The molecule has 5 rings (SSSR count). The van der Waals surface area contributed by atoms with E-state index in [1.807, 2.05) is 19.9 Å². The quantitative estimate of drug-likeness (QED) is 0.434. The average Bonchev–Trinajstić information content (AvgIpc) is 3.14. The Morgan fingerprint density at radius 2 is 1.48 bits per heavy atom. The van der Waals surface area contributed by atoms with E-state index < -0.39 is 11.3 Å². The molecule has 3 aliphatic rings. The second-order valence-corrected chi connectivity index (χ2v) is 9.25. The molecule has 150 valence electrons. The molecule has 0 aromatic heterocycles. The number of benzene rings is 2. The van der Waals surface area contributed by atoms with Crippen LogP contribution in [-0.2, 0) is 4.74 Å². The first-order chi connectivity index (χ1) is 13.5. The largest absolute Gasteiger partial charge is 0.398 e. The van der Waals surface area contributed by atoms with Crippen LogP contribution >= 0.6 is 0 Å². The summed E-state index contributed by atoms with van der Waals surface area (Å²) in [5, 5.41) is 7.12. The Morgan fingerprint density at radius 3 is 2.07 bits per heavy atom. The van der Waals surface area contributed by atoms with E-state index in [2.05, 4.69) is 24.5 Å². The molecule has 7 nitrogen and oxygen atoms in total. The fourth-order valence-electron chi connectivity index (χ4n) is 5.10. The molecule has 2 aromatic rings. The molecule has 0 amide bonds. The van der Waals surface area contributed by atoms with Crippen LogP contribution in [0.5, 0.6) is 0 Å². The first kappa shape index (κ1) is 18.0. The summed E-state index contributed by atoms with van der Waals surface area (Å²) in [5.41, 5.74) is 13.6. The van der Waals surface area contributed by atoms with Crippen LogP contribution in [0.25, 0.3) is 0 Å². The van der Waals surface area contributed by atoms with Crippen molar-refractivity contribution in [3.8, 4) is 0 Å². The summed E-state index contributed by atoms with van der Waals surface area (Å²) in [7, 11) is 0. The number of hydrogen-bond donors (Lipinski definition) is 4. The van der Waals surface area contributed by atoms with Gasteiger partial charge >= 0.3 is 0 Å². The standard InChI is InChI=1S/C22H24N4O3/c1-20(2)9-29-21(3,4)22(20)25-13-8-5-10-14(17(13)26-22)19(28)16-12(24)7-6-11(23)15(16)18(10)27/h5-8,25-26H,9,23-24H2,1-4H3. The summed E-state index contributed by atoms with van der Waals surface area (Å²) < 4.78 is 6.09. The number of carbonyl (C=O) groups excluding carboxylic acids is 2. The van der Waals surface area contributed by atoms with Crippen LogP contribution in [-0.4, -0.2) is 29.4 Å². The first-order valence-electron chi connectivity index (χ1n) is 9.65. The molecular formula is C22H24N4O3. The fraction of sp³-hybridized carbons (Fsp3) is 0.364. The van der Waals surface area contributed by atoms with E-state index in [1.54, 1.807) is 18.2 Å². The van der Waals surface area contributed by atoms with Crippen molar-refractivity contribution in [2.45, 2.75) is 39.0 Å². The lowest BCUT2D eigenvalue weighted by Crippen LogP contribution is -2.62. The zero-order valence-corrected chi connectivity index (χ0v) is 16.9. The van der Waals surface area contributed by atoms with E-state index in [0.717, 1.165) is 5.69 Å². The summed E-state index contributed by atoms with van der Waals surface area (Å²) in [5.74, 6) is -0.580. The van der Waals surface area contributed by atoms with Crippen LogP contribution in [0.4, 0.5) is 22.7 Å². The molecule has 7 heteroatoms. The van der Waals surface area contributed by atoms with Gasteiger partial charge in [0, 0.05) is 22.4 Å². The molecular weight excluding hydrogens is 368 g/mol. The molecule has 1 aliphatic carbocycles. The van der Waals surface area contributed by atoms with E-state index in [9.17, 15) is 9.59 Å². The van der Waals surface area contributed by atoms with E-state index in [4.69, 9.17) is 16.2 Å². The Hall–Kier alpha value is -3.06. The average molecular weight is 392 g/mol. The topological polar surface area (TPSA) is 119 Å². The number of ketones is 2. The Kier molecular flexibility index (Phi) is 3.17. The Labute approximate surface area is 168 Å². The van der Waals surface area contributed by atoms with Crippen molar-refractivity contribution < 1.29 is 14.3 Å². The van der Waals surface area contributed by atoms with Crippen LogP contribution in [0.1, 0.15) is 59.5 Å². The molecule has 0 saturated carbocycles. The third-order valence-electron chi connectivity index (χ3n) is 6.75. The predicted molar refractivity (Wildman–Crippen MR) is 112 cm³/mol. The van der Waals surface area contributed by atoms with Crippen LogP contribution in [0.3, 0.4) is 0 Å². The Morgan fingerprint density at radius 1 is 0.862 bits per heavy atom. The molecule has 2 heterocycles. The molecule has 1 atom stereocenters. The second kappa shape index (κ2) is 5.10. The van der Waals surface area contributed by atoms with E-state index in [-0.39, 0.29) is 39.5 Å². The third-order valence-corrected chi connectivity index (χ3v) is 6.75. The minimum absolute atomic E-state index is 0.180. The number of nitrogens with two attached hydrogens (primary N) is 2. The maximum Gasteiger partial charge on any atom is 0.198 e. The fourth-order valence-corrected chi connectivity index (χ4v) is 5.10. The number of carbonyl (C=O) groups is 2. The van der Waals surface area contributed by atoms with E-state index in [0.29, 0.717) is 23.4 Å². The van der Waals surface area contributed by atoms with Crippen LogP contribution < -0.4 is 22.1 Å². The molecule has 0 bridgehead atoms. The number of nitrogens with one attached hydrogen (secondary N) is 2. The highest BCUT2D eigenvalue weighted by Crippen LogP contribution is 2.56. The SMILES string of the molecule is CC1(C)COC(C)(C)C12Nc1ccc3c(c1N2)C(=O)c1c(N)ccc(N)c1C3=O.